The first-order valence-corrected chi connectivity index (χ1v) is 5.94. The van der Waals surface area contributed by atoms with E-state index in [0.29, 0.717) is 5.56 Å². The normalized spacial score (nSPS) is 26.2. The summed E-state index contributed by atoms with van der Waals surface area (Å²) < 4.78 is 41.7. The Bertz CT molecular complexity index is 515. The number of halogens is 3. The molecule has 20 heavy (non-hydrogen) atoms. The molecule has 2 rings (SSSR count). The molecule has 1 N–H and O–H groups in total. The predicted octanol–water partition coefficient (Wildman–Crippen LogP) is 1.97. The number of carbonyl (C=O) groups is 2. The fourth-order valence-electron chi connectivity index (χ4n) is 2.12. The molecule has 0 radical (unpaired) electrons. The van der Waals surface area contributed by atoms with Crippen LogP contribution < -0.4 is 5.32 Å². The highest BCUT2D eigenvalue weighted by Crippen LogP contribution is 2.35. The summed E-state index contributed by atoms with van der Waals surface area (Å²) in [6.45, 7) is 1.56. The second kappa shape index (κ2) is 5.15. The van der Waals surface area contributed by atoms with Crippen LogP contribution in [0.1, 0.15) is 18.6 Å². The van der Waals surface area contributed by atoms with Gasteiger partial charge in [0.1, 0.15) is 12.1 Å². The summed E-state index contributed by atoms with van der Waals surface area (Å²) in [5.74, 6) is -3.58. The van der Waals surface area contributed by atoms with E-state index in [-0.39, 0.29) is 0 Å². The van der Waals surface area contributed by atoms with Gasteiger partial charge in [-0.25, -0.2) is 4.79 Å². The Labute approximate surface area is 112 Å². The fraction of sp³-hybridized carbons (Fsp3) is 0.385. The lowest BCUT2D eigenvalue weighted by Gasteiger charge is -2.18. The Morgan fingerprint density at radius 3 is 2.40 bits per heavy atom. The zero-order chi connectivity index (χ0) is 14.9. The van der Waals surface area contributed by atoms with Crippen LogP contribution in [0.5, 0.6) is 0 Å². The van der Waals surface area contributed by atoms with Crippen LogP contribution in [0.4, 0.5) is 13.2 Å². The molecule has 1 unspecified atom stereocenters. The molecular weight excluding hydrogens is 275 g/mol. The molecule has 1 aliphatic heterocycles. The van der Waals surface area contributed by atoms with E-state index in [1.165, 1.54) is 0 Å². The number of amides is 1. The van der Waals surface area contributed by atoms with Gasteiger partial charge in [0.25, 0.3) is 0 Å². The molecule has 1 heterocycles. The maximum Gasteiger partial charge on any atom is 0.471 e. The zero-order valence-electron chi connectivity index (χ0n) is 10.5. The third-order valence-electron chi connectivity index (χ3n) is 3.17. The van der Waals surface area contributed by atoms with Crippen LogP contribution in [0.2, 0.25) is 0 Å². The second-order valence-corrected chi connectivity index (χ2v) is 4.58. The van der Waals surface area contributed by atoms with Gasteiger partial charge in [-0.05, 0) is 5.56 Å². The van der Waals surface area contributed by atoms with Crippen LogP contribution in [0.3, 0.4) is 0 Å². The minimum absolute atomic E-state index is 0.587. The van der Waals surface area contributed by atoms with Crippen LogP contribution in [0, 0.1) is 5.92 Å². The lowest BCUT2D eigenvalue weighted by molar-refractivity contribution is -0.175. The van der Waals surface area contributed by atoms with Crippen molar-refractivity contribution >= 4 is 11.9 Å². The summed E-state index contributed by atoms with van der Waals surface area (Å²) >= 11 is 0. The van der Waals surface area contributed by atoms with Crippen molar-refractivity contribution < 1.29 is 27.5 Å². The molecule has 0 spiro atoms. The maximum atomic E-state index is 12.2. The van der Waals surface area contributed by atoms with Crippen LogP contribution in [0.15, 0.2) is 30.3 Å². The molecule has 0 aromatic heterocycles. The maximum absolute atomic E-state index is 12.2. The molecule has 1 saturated heterocycles. The summed E-state index contributed by atoms with van der Waals surface area (Å²) in [6, 6.07) is 7.36. The highest BCUT2D eigenvalue weighted by molar-refractivity contribution is 5.88. The number of alkyl halides is 3. The molecule has 1 aliphatic rings. The van der Waals surface area contributed by atoms with Crippen molar-refractivity contribution in [3.05, 3.63) is 35.9 Å². The summed E-state index contributed by atoms with van der Waals surface area (Å²) in [5, 5.41) is 1.68. The first-order chi connectivity index (χ1) is 9.30. The van der Waals surface area contributed by atoms with Crippen molar-refractivity contribution in [1.29, 1.82) is 0 Å². The SMILES string of the molecule is C[C@@H]1C(c2ccccc2)OC(=O)[C@H]1NC(=O)C(F)(F)F. The standard InChI is InChI=1S/C13H12F3NO3/c1-7-9(17-12(19)13(14,15)16)11(18)20-10(7)8-5-3-2-4-6-8/h2-7,9-10H,1H3,(H,17,19)/t7-,9-,10?/m0/s1. The van der Waals surface area contributed by atoms with Gasteiger partial charge in [-0.2, -0.15) is 13.2 Å². The van der Waals surface area contributed by atoms with Crippen molar-refractivity contribution in [1.82, 2.24) is 5.32 Å². The molecular formula is C13H12F3NO3. The van der Waals surface area contributed by atoms with Gasteiger partial charge >= 0.3 is 18.1 Å². The molecule has 3 atom stereocenters. The Balaban J connectivity index is 2.14. The Hall–Kier alpha value is -2.05. The minimum atomic E-state index is -5.02. The van der Waals surface area contributed by atoms with Crippen molar-refractivity contribution in [3.8, 4) is 0 Å². The Morgan fingerprint density at radius 2 is 1.85 bits per heavy atom. The molecule has 1 aromatic carbocycles. The van der Waals surface area contributed by atoms with Gasteiger partial charge in [0, 0.05) is 5.92 Å². The van der Waals surface area contributed by atoms with Crippen LogP contribution >= 0.6 is 0 Å². The number of nitrogens with one attached hydrogen (secondary N) is 1. The lowest BCUT2D eigenvalue weighted by atomic mass is 9.93. The zero-order valence-corrected chi connectivity index (χ0v) is 10.5. The van der Waals surface area contributed by atoms with E-state index in [0.717, 1.165) is 0 Å². The third kappa shape index (κ3) is 2.76. The smallest absolute Gasteiger partial charge is 0.456 e. The number of hydrogen-bond donors (Lipinski definition) is 1. The van der Waals surface area contributed by atoms with Crippen molar-refractivity contribution in [2.24, 2.45) is 5.92 Å². The van der Waals surface area contributed by atoms with E-state index < -0.39 is 36.1 Å². The van der Waals surface area contributed by atoms with Gasteiger partial charge in [-0.15, -0.1) is 0 Å². The number of cyclic esters (lactones) is 1. The van der Waals surface area contributed by atoms with Crippen molar-refractivity contribution in [3.63, 3.8) is 0 Å². The van der Waals surface area contributed by atoms with Crippen LogP contribution in [0.25, 0.3) is 0 Å². The quantitative estimate of drug-likeness (QED) is 0.846. The van der Waals surface area contributed by atoms with Gasteiger partial charge < -0.3 is 10.1 Å². The van der Waals surface area contributed by atoms with E-state index in [4.69, 9.17) is 4.74 Å². The van der Waals surface area contributed by atoms with Gasteiger partial charge in [0.15, 0.2) is 0 Å². The highest BCUT2D eigenvalue weighted by Gasteiger charge is 2.47. The lowest BCUT2D eigenvalue weighted by Crippen LogP contribution is -2.47. The molecule has 0 saturated carbocycles. The monoisotopic (exact) mass is 287 g/mol. The number of carbonyl (C=O) groups excluding carboxylic acids is 2. The average molecular weight is 287 g/mol. The number of esters is 1. The van der Waals surface area contributed by atoms with E-state index in [2.05, 4.69) is 0 Å². The highest BCUT2D eigenvalue weighted by atomic mass is 19.4. The molecule has 0 aliphatic carbocycles. The van der Waals surface area contributed by atoms with E-state index in [9.17, 15) is 22.8 Å². The van der Waals surface area contributed by atoms with Crippen LogP contribution in [-0.4, -0.2) is 24.1 Å². The minimum Gasteiger partial charge on any atom is -0.456 e. The van der Waals surface area contributed by atoms with Gasteiger partial charge in [0.05, 0.1) is 0 Å². The molecule has 1 fully saturated rings. The molecule has 1 aromatic rings. The largest absolute Gasteiger partial charge is 0.471 e. The second-order valence-electron chi connectivity index (χ2n) is 4.58. The predicted molar refractivity (Wildman–Crippen MR) is 62.4 cm³/mol. The molecule has 0 bridgehead atoms. The van der Waals surface area contributed by atoms with Gasteiger partial charge in [-0.1, -0.05) is 37.3 Å². The van der Waals surface area contributed by atoms with Crippen LogP contribution in [-0.2, 0) is 14.3 Å². The molecule has 108 valence electrons. The summed E-state index contributed by atoms with van der Waals surface area (Å²) in [7, 11) is 0. The molecule has 1 amide bonds. The summed E-state index contributed by atoms with van der Waals surface area (Å²) in [5.41, 5.74) is 0.678. The summed E-state index contributed by atoms with van der Waals surface area (Å²) in [6.07, 6.45) is -5.69. The summed E-state index contributed by atoms with van der Waals surface area (Å²) in [4.78, 5) is 22.5. The van der Waals surface area contributed by atoms with E-state index >= 15 is 0 Å². The molecule has 7 heteroatoms. The van der Waals surface area contributed by atoms with Crippen molar-refractivity contribution in [2.45, 2.75) is 25.2 Å². The first kappa shape index (κ1) is 14.4. The Kier molecular flexibility index (Phi) is 3.69. The number of benzene rings is 1. The number of ether oxygens (including phenoxy) is 1. The first-order valence-electron chi connectivity index (χ1n) is 5.94. The molecule has 4 nitrogen and oxygen atoms in total. The van der Waals surface area contributed by atoms with E-state index in [1.807, 2.05) is 0 Å². The third-order valence-corrected chi connectivity index (χ3v) is 3.17. The number of hydrogen-bond acceptors (Lipinski definition) is 3. The Morgan fingerprint density at radius 1 is 1.25 bits per heavy atom. The topological polar surface area (TPSA) is 55.4 Å². The average Bonchev–Trinajstić information content (AvgIpc) is 2.66. The van der Waals surface area contributed by atoms with Crippen molar-refractivity contribution in [2.75, 3.05) is 0 Å². The van der Waals surface area contributed by atoms with E-state index in [1.54, 1.807) is 42.6 Å². The van der Waals surface area contributed by atoms with Gasteiger partial charge in [0.2, 0.25) is 0 Å². The van der Waals surface area contributed by atoms with Gasteiger partial charge in [-0.3, -0.25) is 4.79 Å². The fourth-order valence-corrected chi connectivity index (χ4v) is 2.12. The number of rotatable bonds is 2.